The van der Waals surface area contributed by atoms with Gasteiger partial charge >= 0.3 is 0 Å². The molecular formula is C8H18N6O2. The van der Waals surface area contributed by atoms with Gasteiger partial charge in [-0.2, -0.15) is 0 Å². The van der Waals surface area contributed by atoms with Crippen LogP contribution in [-0.2, 0) is 9.59 Å². The van der Waals surface area contributed by atoms with Gasteiger partial charge in [-0.1, -0.05) is 0 Å². The van der Waals surface area contributed by atoms with Crippen LogP contribution in [0.2, 0.25) is 0 Å². The van der Waals surface area contributed by atoms with E-state index in [1.165, 1.54) is 0 Å². The first-order valence-electron chi connectivity index (χ1n) is 5.09. The molecule has 1 fully saturated rings. The van der Waals surface area contributed by atoms with E-state index in [-0.39, 0.29) is 11.8 Å². The Morgan fingerprint density at radius 3 is 1.44 bits per heavy atom. The summed E-state index contributed by atoms with van der Waals surface area (Å²) in [6.45, 7) is 3.56. The molecule has 1 saturated heterocycles. The molecule has 0 bridgehead atoms. The molecule has 1 aliphatic heterocycles. The SMILES string of the molecule is NNC(=O)CN1CCN(CC(=O)NN)CC1. The fourth-order valence-electron chi connectivity index (χ4n) is 1.60. The summed E-state index contributed by atoms with van der Waals surface area (Å²) in [5, 5.41) is 0. The number of nitrogens with zero attached hydrogens (tertiary/aromatic N) is 2. The molecule has 0 aromatic rings. The number of carbonyl (C=O) groups is 2. The summed E-state index contributed by atoms with van der Waals surface area (Å²) in [6.07, 6.45) is 0. The molecule has 0 aromatic carbocycles. The second-order valence-electron chi connectivity index (χ2n) is 3.69. The Labute approximate surface area is 93.9 Å². The first-order chi connectivity index (χ1) is 7.65. The van der Waals surface area contributed by atoms with Crippen LogP contribution in [0.1, 0.15) is 0 Å². The van der Waals surface area contributed by atoms with Crippen LogP contribution >= 0.6 is 0 Å². The Kier molecular flexibility index (Phi) is 5.12. The molecule has 8 heteroatoms. The van der Waals surface area contributed by atoms with Crippen LogP contribution in [-0.4, -0.2) is 60.9 Å². The van der Waals surface area contributed by atoms with Crippen LogP contribution in [0.3, 0.4) is 0 Å². The molecule has 16 heavy (non-hydrogen) atoms. The fraction of sp³-hybridized carbons (Fsp3) is 0.750. The average Bonchev–Trinajstić information content (AvgIpc) is 2.31. The van der Waals surface area contributed by atoms with Crippen molar-refractivity contribution in [1.82, 2.24) is 20.7 Å². The van der Waals surface area contributed by atoms with Gasteiger partial charge in [-0.3, -0.25) is 30.2 Å². The lowest BCUT2D eigenvalue weighted by Crippen LogP contribution is -2.52. The maximum Gasteiger partial charge on any atom is 0.248 e. The zero-order valence-corrected chi connectivity index (χ0v) is 9.11. The van der Waals surface area contributed by atoms with Crippen LogP contribution in [0, 0.1) is 0 Å². The Balaban J connectivity index is 2.23. The molecule has 1 aliphatic rings. The highest BCUT2D eigenvalue weighted by Gasteiger charge is 2.19. The smallest absolute Gasteiger partial charge is 0.248 e. The fourth-order valence-corrected chi connectivity index (χ4v) is 1.60. The maximum atomic E-state index is 11.0. The molecule has 0 aromatic heterocycles. The summed E-state index contributed by atoms with van der Waals surface area (Å²) in [5.41, 5.74) is 4.18. The number of hydrogen-bond donors (Lipinski definition) is 4. The van der Waals surface area contributed by atoms with Crippen molar-refractivity contribution in [2.45, 2.75) is 0 Å². The molecule has 0 spiro atoms. The van der Waals surface area contributed by atoms with Crippen molar-refractivity contribution in [2.24, 2.45) is 11.7 Å². The van der Waals surface area contributed by atoms with Crippen LogP contribution < -0.4 is 22.5 Å². The molecule has 8 nitrogen and oxygen atoms in total. The van der Waals surface area contributed by atoms with E-state index in [9.17, 15) is 9.59 Å². The van der Waals surface area contributed by atoms with Crippen LogP contribution in [0.4, 0.5) is 0 Å². The largest absolute Gasteiger partial charge is 0.293 e. The van der Waals surface area contributed by atoms with Crippen molar-refractivity contribution >= 4 is 11.8 Å². The molecule has 0 radical (unpaired) electrons. The Morgan fingerprint density at radius 2 is 1.19 bits per heavy atom. The molecule has 0 aliphatic carbocycles. The normalized spacial score (nSPS) is 18.1. The highest BCUT2D eigenvalue weighted by molar-refractivity contribution is 5.77. The summed E-state index contributed by atoms with van der Waals surface area (Å²) in [5.74, 6) is 9.59. The van der Waals surface area contributed by atoms with E-state index in [4.69, 9.17) is 11.7 Å². The van der Waals surface area contributed by atoms with Gasteiger partial charge in [-0.05, 0) is 0 Å². The van der Waals surface area contributed by atoms with Crippen molar-refractivity contribution < 1.29 is 9.59 Å². The van der Waals surface area contributed by atoms with Gasteiger partial charge in [0.25, 0.3) is 0 Å². The number of hydrazine groups is 2. The zero-order valence-electron chi connectivity index (χ0n) is 9.11. The molecule has 2 amide bonds. The van der Waals surface area contributed by atoms with Gasteiger partial charge in [0.15, 0.2) is 0 Å². The summed E-state index contributed by atoms with van der Waals surface area (Å²) >= 11 is 0. The van der Waals surface area contributed by atoms with E-state index in [1.807, 2.05) is 9.80 Å². The Morgan fingerprint density at radius 1 is 0.875 bits per heavy atom. The number of rotatable bonds is 4. The average molecular weight is 230 g/mol. The van der Waals surface area contributed by atoms with Crippen LogP contribution in [0.15, 0.2) is 0 Å². The van der Waals surface area contributed by atoms with E-state index in [2.05, 4.69) is 10.9 Å². The quantitative estimate of drug-likeness (QED) is 0.227. The summed E-state index contributed by atoms with van der Waals surface area (Å²) < 4.78 is 0. The first kappa shape index (κ1) is 12.8. The molecular weight excluding hydrogens is 212 g/mol. The van der Waals surface area contributed by atoms with E-state index in [0.29, 0.717) is 13.1 Å². The first-order valence-corrected chi connectivity index (χ1v) is 5.09. The van der Waals surface area contributed by atoms with Gasteiger partial charge in [-0.25, -0.2) is 11.7 Å². The van der Waals surface area contributed by atoms with Gasteiger partial charge in [0.1, 0.15) is 0 Å². The van der Waals surface area contributed by atoms with Crippen LogP contribution in [0.5, 0.6) is 0 Å². The zero-order chi connectivity index (χ0) is 12.0. The van der Waals surface area contributed by atoms with Gasteiger partial charge in [0.2, 0.25) is 11.8 Å². The monoisotopic (exact) mass is 230 g/mol. The molecule has 0 saturated carbocycles. The maximum absolute atomic E-state index is 11.0. The van der Waals surface area contributed by atoms with E-state index >= 15 is 0 Å². The standard InChI is InChI=1S/C8H18N6O2/c9-11-7(15)5-13-1-2-14(4-3-13)6-8(16)12-10/h1-6,9-10H2,(H,11,15)(H,12,16). The van der Waals surface area contributed by atoms with Gasteiger partial charge < -0.3 is 0 Å². The lowest BCUT2D eigenvalue weighted by Gasteiger charge is -2.33. The number of amides is 2. The molecule has 0 unspecified atom stereocenters. The second-order valence-corrected chi connectivity index (χ2v) is 3.69. The second kappa shape index (κ2) is 6.38. The van der Waals surface area contributed by atoms with E-state index in [0.717, 1.165) is 26.2 Å². The Hall–Kier alpha value is -1.22. The molecule has 1 rings (SSSR count). The molecule has 6 N–H and O–H groups in total. The highest BCUT2D eigenvalue weighted by atomic mass is 16.2. The predicted octanol–water partition coefficient (Wildman–Crippen LogP) is -3.42. The number of nitrogens with one attached hydrogen (secondary N) is 2. The number of piperazine rings is 1. The van der Waals surface area contributed by atoms with Crippen LogP contribution in [0.25, 0.3) is 0 Å². The summed E-state index contributed by atoms with van der Waals surface area (Å²) in [4.78, 5) is 26.0. The van der Waals surface area contributed by atoms with Gasteiger partial charge in [-0.15, -0.1) is 0 Å². The number of carbonyl (C=O) groups excluding carboxylic acids is 2. The van der Waals surface area contributed by atoms with Crippen molar-refractivity contribution in [3.05, 3.63) is 0 Å². The van der Waals surface area contributed by atoms with Crippen molar-refractivity contribution in [3.63, 3.8) is 0 Å². The summed E-state index contributed by atoms with van der Waals surface area (Å²) in [6, 6.07) is 0. The predicted molar refractivity (Wildman–Crippen MR) is 57.5 cm³/mol. The lowest BCUT2D eigenvalue weighted by atomic mass is 10.3. The molecule has 1 heterocycles. The van der Waals surface area contributed by atoms with Gasteiger partial charge in [0, 0.05) is 26.2 Å². The topological polar surface area (TPSA) is 117 Å². The number of hydrogen-bond acceptors (Lipinski definition) is 6. The third kappa shape index (κ3) is 4.11. The number of nitrogens with two attached hydrogens (primary N) is 2. The minimum absolute atomic E-state index is 0.201. The molecule has 0 atom stereocenters. The van der Waals surface area contributed by atoms with Crippen molar-refractivity contribution in [3.8, 4) is 0 Å². The van der Waals surface area contributed by atoms with E-state index in [1.54, 1.807) is 0 Å². The third-order valence-electron chi connectivity index (χ3n) is 2.52. The third-order valence-corrected chi connectivity index (χ3v) is 2.52. The van der Waals surface area contributed by atoms with Crippen molar-refractivity contribution in [2.75, 3.05) is 39.3 Å². The molecule has 92 valence electrons. The summed E-state index contributed by atoms with van der Waals surface area (Å²) in [7, 11) is 0. The van der Waals surface area contributed by atoms with E-state index < -0.39 is 0 Å². The van der Waals surface area contributed by atoms with Gasteiger partial charge in [0.05, 0.1) is 13.1 Å². The van der Waals surface area contributed by atoms with Crippen molar-refractivity contribution in [1.29, 1.82) is 0 Å². The lowest BCUT2D eigenvalue weighted by molar-refractivity contribution is -0.125. The minimum atomic E-state index is -0.201. The minimum Gasteiger partial charge on any atom is -0.293 e. The Bertz CT molecular complexity index is 225. The highest BCUT2D eigenvalue weighted by Crippen LogP contribution is 2.00.